The summed E-state index contributed by atoms with van der Waals surface area (Å²) in [6.07, 6.45) is 3.79. The molecule has 1 saturated heterocycles. The molecule has 4 nitrogen and oxygen atoms in total. The van der Waals surface area contributed by atoms with Gasteiger partial charge in [-0.25, -0.2) is 4.98 Å². The lowest BCUT2D eigenvalue weighted by Crippen LogP contribution is -2.22. The molecule has 1 fully saturated rings. The van der Waals surface area contributed by atoms with Gasteiger partial charge in [-0.1, -0.05) is 23.7 Å². The molecule has 0 spiro atoms. The van der Waals surface area contributed by atoms with Crippen LogP contribution < -0.4 is 10.2 Å². The molecule has 0 saturated carbocycles. The monoisotopic (exact) mass is 331 g/mol. The van der Waals surface area contributed by atoms with Crippen molar-refractivity contribution in [3.63, 3.8) is 0 Å². The average Bonchev–Trinajstić information content (AvgIpc) is 3.09. The lowest BCUT2D eigenvalue weighted by atomic mass is 10.1. The molecule has 1 aliphatic rings. The summed E-state index contributed by atoms with van der Waals surface area (Å²) >= 11 is 5.96. The molecule has 0 bridgehead atoms. The second-order valence-electron chi connectivity index (χ2n) is 5.92. The van der Waals surface area contributed by atoms with Crippen molar-refractivity contribution in [1.29, 1.82) is 0 Å². The second-order valence-corrected chi connectivity index (χ2v) is 6.35. The third-order valence-electron chi connectivity index (χ3n) is 4.14. The van der Waals surface area contributed by atoms with Gasteiger partial charge in [-0.05, 0) is 48.2 Å². The number of anilines is 1. The number of benzene rings is 1. The van der Waals surface area contributed by atoms with Crippen molar-refractivity contribution in [2.75, 3.05) is 24.5 Å². The van der Waals surface area contributed by atoms with Crippen molar-refractivity contribution < 1.29 is 5.11 Å². The van der Waals surface area contributed by atoms with Gasteiger partial charge in [0.1, 0.15) is 5.82 Å². The van der Waals surface area contributed by atoms with E-state index in [0.29, 0.717) is 18.1 Å². The molecule has 1 aliphatic heterocycles. The third kappa shape index (κ3) is 4.44. The Bertz CT molecular complexity index is 644. The average molecular weight is 332 g/mol. The summed E-state index contributed by atoms with van der Waals surface area (Å²) in [5, 5.41) is 14.2. The van der Waals surface area contributed by atoms with Crippen LogP contribution >= 0.6 is 11.6 Å². The first-order valence-corrected chi connectivity index (χ1v) is 8.44. The quantitative estimate of drug-likeness (QED) is 0.853. The van der Waals surface area contributed by atoms with E-state index in [-0.39, 0.29) is 0 Å². The van der Waals surface area contributed by atoms with Crippen LogP contribution in [0.5, 0.6) is 0 Å². The molecule has 1 unspecified atom stereocenters. The van der Waals surface area contributed by atoms with E-state index in [1.54, 1.807) is 6.07 Å². The number of pyridine rings is 1. The minimum absolute atomic E-state index is 0.488. The standard InChI is InChI=1S/C18H22ClN3O/c19-16-5-3-4-15(11-16)17(23)13-20-12-14-6-7-21-18(10-14)22-8-1-2-9-22/h3-7,10-11,17,20,23H,1-2,8-9,12-13H2. The maximum absolute atomic E-state index is 10.2. The highest BCUT2D eigenvalue weighted by Gasteiger charge is 2.13. The Morgan fingerprint density at radius 2 is 2.04 bits per heavy atom. The van der Waals surface area contributed by atoms with Crippen molar-refractivity contribution >= 4 is 17.4 Å². The van der Waals surface area contributed by atoms with Crippen LogP contribution in [-0.2, 0) is 6.54 Å². The van der Waals surface area contributed by atoms with Crippen LogP contribution in [0.1, 0.15) is 30.1 Å². The van der Waals surface area contributed by atoms with E-state index in [0.717, 1.165) is 24.5 Å². The largest absolute Gasteiger partial charge is 0.387 e. The molecule has 3 rings (SSSR count). The van der Waals surface area contributed by atoms with Crippen molar-refractivity contribution in [3.05, 3.63) is 58.7 Å². The van der Waals surface area contributed by atoms with Crippen molar-refractivity contribution in [1.82, 2.24) is 10.3 Å². The molecule has 1 aromatic heterocycles. The van der Waals surface area contributed by atoms with Gasteiger partial charge < -0.3 is 15.3 Å². The van der Waals surface area contributed by atoms with E-state index in [1.165, 1.54) is 18.4 Å². The highest BCUT2D eigenvalue weighted by Crippen LogP contribution is 2.19. The fourth-order valence-corrected chi connectivity index (χ4v) is 3.07. The molecule has 0 aliphatic carbocycles. The number of aliphatic hydroxyl groups excluding tert-OH is 1. The zero-order valence-corrected chi connectivity index (χ0v) is 13.8. The Balaban J connectivity index is 1.53. The minimum Gasteiger partial charge on any atom is -0.387 e. The molecular weight excluding hydrogens is 310 g/mol. The second kappa shape index (κ2) is 7.77. The van der Waals surface area contributed by atoms with Crippen LogP contribution in [0.25, 0.3) is 0 Å². The molecule has 0 radical (unpaired) electrons. The van der Waals surface area contributed by atoms with E-state index in [2.05, 4.69) is 21.3 Å². The van der Waals surface area contributed by atoms with Gasteiger partial charge in [0.05, 0.1) is 6.10 Å². The minimum atomic E-state index is -0.561. The first kappa shape index (κ1) is 16.2. The number of aromatic nitrogens is 1. The number of hydrogen-bond acceptors (Lipinski definition) is 4. The van der Waals surface area contributed by atoms with Crippen LogP contribution in [0.3, 0.4) is 0 Å². The smallest absolute Gasteiger partial charge is 0.128 e. The Kier molecular flexibility index (Phi) is 5.49. The van der Waals surface area contributed by atoms with Crippen LogP contribution in [-0.4, -0.2) is 29.7 Å². The van der Waals surface area contributed by atoms with Gasteiger partial charge in [-0.3, -0.25) is 0 Å². The van der Waals surface area contributed by atoms with E-state index >= 15 is 0 Å². The van der Waals surface area contributed by atoms with Gasteiger partial charge in [0, 0.05) is 37.4 Å². The highest BCUT2D eigenvalue weighted by atomic mass is 35.5. The first-order chi connectivity index (χ1) is 11.2. The number of halogens is 1. The molecule has 23 heavy (non-hydrogen) atoms. The fourth-order valence-electron chi connectivity index (χ4n) is 2.87. The van der Waals surface area contributed by atoms with Crippen LogP contribution in [0, 0.1) is 0 Å². The van der Waals surface area contributed by atoms with Gasteiger partial charge in [0.2, 0.25) is 0 Å². The summed E-state index contributed by atoms with van der Waals surface area (Å²) < 4.78 is 0. The summed E-state index contributed by atoms with van der Waals surface area (Å²) in [7, 11) is 0. The Labute approximate surface area is 142 Å². The molecule has 122 valence electrons. The highest BCUT2D eigenvalue weighted by molar-refractivity contribution is 6.30. The van der Waals surface area contributed by atoms with E-state index in [1.807, 2.05) is 30.5 Å². The topological polar surface area (TPSA) is 48.4 Å². The summed E-state index contributed by atoms with van der Waals surface area (Å²) in [5.41, 5.74) is 2.01. The molecule has 2 aromatic rings. The molecule has 1 atom stereocenters. The number of aliphatic hydroxyl groups is 1. The third-order valence-corrected chi connectivity index (χ3v) is 4.38. The number of nitrogens with zero attached hydrogens (tertiary/aromatic N) is 2. The predicted molar refractivity (Wildman–Crippen MR) is 93.8 cm³/mol. The van der Waals surface area contributed by atoms with E-state index in [4.69, 9.17) is 11.6 Å². The Morgan fingerprint density at radius 3 is 2.83 bits per heavy atom. The molecule has 5 heteroatoms. The summed E-state index contributed by atoms with van der Waals surface area (Å²) in [4.78, 5) is 6.78. The SMILES string of the molecule is OC(CNCc1ccnc(N2CCCC2)c1)c1cccc(Cl)c1. The fraction of sp³-hybridized carbons (Fsp3) is 0.389. The molecule has 1 aromatic carbocycles. The number of hydrogen-bond donors (Lipinski definition) is 2. The number of nitrogens with one attached hydrogen (secondary N) is 1. The normalized spacial score (nSPS) is 15.8. The van der Waals surface area contributed by atoms with E-state index < -0.39 is 6.10 Å². The Hall–Kier alpha value is -1.62. The summed E-state index contributed by atoms with van der Waals surface area (Å²) in [6.45, 7) is 3.39. The van der Waals surface area contributed by atoms with Gasteiger partial charge in [-0.2, -0.15) is 0 Å². The zero-order valence-electron chi connectivity index (χ0n) is 13.1. The van der Waals surface area contributed by atoms with Gasteiger partial charge in [0.25, 0.3) is 0 Å². The maximum atomic E-state index is 10.2. The predicted octanol–water partition coefficient (Wildman–Crippen LogP) is 3.16. The van der Waals surface area contributed by atoms with Crippen LogP contribution in [0.15, 0.2) is 42.6 Å². The van der Waals surface area contributed by atoms with Crippen molar-refractivity contribution in [2.45, 2.75) is 25.5 Å². The van der Waals surface area contributed by atoms with Crippen LogP contribution in [0.4, 0.5) is 5.82 Å². The van der Waals surface area contributed by atoms with Crippen LogP contribution in [0.2, 0.25) is 5.02 Å². The maximum Gasteiger partial charge on any atom is 0.128 e. The Morgan fingerprint density at radius 1 is 1.22 bits per heavy atom. The van der Waals surface area contributed by atoms with Gasteiger partial charge >= 0.3 is 0 Å². The van der Waals surface area contributed by atoms with E-state index in [9.17, 15) is 5.11 Å². The summed E-state index contributed by atoms with van der Waals surface area (Å²) in [5.74, 6) is 1.05. The van der Waals surface area contributed by atoms with Gasteiger partial charge in [0.15, 0.2) is 0 Å². The van der Waals surface area contributed by atoms with Crippen molar-refractivity contribution in [3.8, 4) is 0 Å². The molecular formula is C18H22ClN3O. The summed E-state index contributed by atoms with van der Waals surface area (Å²) in [6, 6.07) is 11.5. The molecule has 0 amide bonds. The molecule has 2 heterocycles. The van der Waals surface area contributed by atoms with Crippen molar-refractivity contribution in [2.24, 2.45) is 0 Å². The zero-order chi connectivity index (χ0) is 16.1. The van der Waals surface area contributed by atoms with Gasteiger partial charge in [-0.15, -0.1) is 0 Å². The lowest BCUT2D eigenvalue weighted by molar-refractivity contribution is 0.174. The molecule has 2 N–H and O–H groups in total. The number of rotatable bonds is 6. The lowest BCUT2D eigenvalue weighted by Gasteiger charge is -2.17. The first-order valence-electron chi connectivity index (χ1n) is 8.06.